The van der Waals surface area contributed by atoms with Gasteiger partial charge in [-0.2, -0.15) is 0 Å². The van der Waals surface area contributed by atoms with Crippen LogP contribution in [0.2, 0.25) is 0 Å². The Morgan fingerprint density at radius 1 is 0.396 bits per heavy atom. The highest BCUT2D eigenvalue weighted by Gasteiger charge is 2.28. The Morgan fingerprint density at radius 2 is 0.755 bits per heavy atom. The molecule has 0 aromatic heterocycles. The van der Waals surface area contributed by atoms with Crippen molar-refractivity contribution in [2.75, 3.05) is 9.80 Å². The molecule has 7 aromatic rings. The third kappa shape index (κ3) is 5.26. The Morgan fingerprint density at radius 3 is 1.15 bits per heavy atom. The highest BCUT2D eigenvalue weighted by atomic mass is 15.2. The zero-order chi connectivity index (χ0) is 36.1. The van der Waals surface area contributed by atoms with Crippen LogP contribution in [0.4, 0.5) is 34.1 Å². The van der Waals surface area contributed by atoms with Crippen molar-refractivity contribution < 1.29 is 0 Å². The number of allylic oxidation sites excluding steroid dienone is 5. The maximum atomic E-state index is 4.25. The molecule has 0 saturated carbocycles. The minimum atomic E-state index is 1.13. The molecule has 0 unspecified atom stereocenters. The van der Waals surface area contributed by atoms with Crippen LogP contribution in [-0.4, -0.2) is 0 Å². The van der Waals surface area contributed by atoms with Gasteiger partial charge in [-0.3, -0.25) is 0 Å². The molecule has 254 valence electrons. The highest BCUT2D eigenvalue weighted by molar-refractivity contribution is 6.09. The van der Waals surface area contributed by atoms with Crippen molar-refractivity contribution >= 4 is 45.3 Å². The van der Waals surface area contributed by atoms with Gasteiger partial charge in [0.1, 0.15) is 0 Å². The first-order valence-electron chi connectivity index (χ1n) is 18.4. The van der Waals surface area contributed by atoms with Gasteiger partial charge in [0.05, 0.1) is 22.7 Å². The minimum Gasteiger partial charge on any atom is -0.309 e. The molecule has 0 N–H and O–H groups in total. The summed E-state index contributed by atoms with van der Waals surface area (Å²) in [5.41, 5.74) is 21.5. The monoisotopic (exact) mass is 680 g/mol. The SMILES string of the molecule is C=CC1=C(/C=C\C)c2ccccc2N(c2ccc(-c3ccc(N4c5ccccc5-c5ccccc5-c5ccccc54)cc3C)c(C)c2)c2ccccc21. The largest absolute Gasteiger partial charge is 0.309 e. The molecule has 0 radical (unpaired) electrons. The van der Waals surface area contributed by atoms with Crippen molar-refractivity contribution in [2.45, 2.75) is 20.8 Å². The van der Waals surface area contributed by atoms with E-state index in [-0.39, 0.29) is 0 Å². The maximum Gasteiger partial charge on any atom is 0.0540 e. The van der Waals surface area contributed by atoms with E-state index >= 15 is 0 Å². The second-order valence-corrected chi connectivity index (χ2v) is 13.8. The smallest absolute Gasteiger partial charge is 0.0540 e. The molecule has 0 spiro atoms. The third-order valence-corrected chi connectivity index (χ3v) is 10.7. The second-order valence-electron chi connectivity index (χ2n) is 13.8. The predicted molar refractivity (Wildman–Crippen MR) is 227 cm³/mol. The molecule has 0 bridgehead atoms. The molecular weight excluding hydrogens is 641 g/mol. The van der Waals surface area contributed by atoms with Gasteiger partial charge in [0, 0.05) is 33.6 Å². The van der Waals surface area contributed by atoms with Crippen molar-refractivity contribution in [1.82, 2.24) is 0 Å². The lowest BCUT2D eigenvalue weighted by molar-refractivity contribution is 1.26. The number of rotatable bonds is 5. The number of hydrogen-bond acceptors (Lipinski definition) is 2. The van der Waals surface area contributed by atoms with Crippen LogP contribution in [0.3, 0.4) is 0 Å². The van der Waals surface area contributed by atoms with Crippen molar-refractivity contribution in [3.8, 4) is 33.4 Å². The molecule has 0 fully saturated rings. The summed E-state index contributed by atoms with van der Waals surface area (Å²) >= 11 is 0. The van der Waals surface area contributed by atoms with Gasteiger partial charge < -0.3 is 9.80 Å². The van der Waals surface area contributed by atoms with E-state index < -0.39 is 0 Å². The summed E-state index contributed by atoms with van der Waals surface area (Å²) in [5.74, 6) is 0. The average molecular weight is 681 g/mol. The van der Waals surface area contributed by atoms with Crippen LogP contribution >= 0.6 is 0 Å². The van der Waals surface area contributed by atoms with Crippen LogP contribution in [0.15, 0.2) is 183 Å². The number of hydrogen-bond donors (Lipinski definition) is 0. The first-order valence-corrected chi connectivity index (χ1v) is 18.4. The average Bonchev–Trinajstić information content (AvgIpc) is 3.39. The van der Waals surface area contributed by atoms with Gasteiger partial charge in [0.2, 0.25) is 0 Å². The lowest BCUT2D eigenvalue weighted by atomic mass is 9.94. The molecule has 2 aliphatic heterocycles. The Kier molecular flexibility index (Phi) is 8.01. The van der Waals surface area contributed by atoms with E-state index in [9.17, 15) is 0 Å². The van der Waals surface area contributed by atoms with Crippen molar-refractivity contribution in [1.29, 1.82) is 0 Å². The summed E-state index contributed by atoms with van der Waals surface area (Å²) in [6.07, 6.45) is 6.32. The van der Waals surface area contributed by atoms with Crippen LogP contribution in [0.25, 0.3) is 44.5 Å². The van der Waals surface area contributed by atoms with E-state index in [2.05, 4.69) is 207 Å². The van der Waals surface area contributed by atoms with E-state index in [1.54, 1.807) is 0 Å². The summed E-state index contributed by atoms with van der Waals surface area (Å²) in [7, 11) is 0. The molecule has 7 aromatic carbocycles. The van der Waals surface area contributed by atoms with E-state index in [1.165, 1.54) is 72.6 Å². The normalized spacial score (nSPS) is 13.0. The van der Waals surface area contributed by atoms with Crippen LogP contribution in [-0.2, 0) is 0 Å². The molecule has 2 aliphatic rings. The van der Waals surface area contributed by atoms with Crippen molar-refractivity contribution in [3.63, 3.8) is 0 Å². The van der Waals surface area contributed by atoms with Crippen LogP contribution in [0.5, 0.6) is 0 Å². The molecule has 0 atom stereocenters. The summed E-state index contributed by atoms with van der Waals surface area (Å²) < 4.78 is 0. The molecule has 53 heavy (non-hydrogen) atoms. The van der Waals surface area contributed by atoms with Gasteiger partial charge in [0.25, 0.3) is 0 Å². The number of nitrogens with zero attached hydrogens (tertiary/aromatic N) is 2. The lowest BCUT2D eigenvalue weighted by Gasteiger charge is -2.29. The van der Waals surface area contributed by atoms with Gasteiger partial charge in [0.15, 0.2) is 0 Å². The van der Waals surface area contributed by atoms with Gasteiger partial charge in [-0.05, 0) is 114 Å². The topological polar surface area (TPSA) is 6.48 Å². The number of fused-ring (bicyclic) bond motifs is 7. The fraction of sp³-hybridized carbons (Fsp3) is 0.0588. The molecule has 0 aliphatic carbocycles. The fourth-order valence-corrected chi connectivity index (χ4v) is 8.39. The second kappa shape index (κ2) is 13.2. The Hall–Kier alpha value is -6.64. The number of para-hydroxylation sites is 4. The van der Waals surface area contributed by atoms with Gasteiger partial charge in [-0.25, -0.2) is 0 Å². The molecule has 2 heterocycles. The molecule has 0 saturated heterocycles. The quantitative estimate of drug-likeness (QED) is 0.179. The summed E-state index contributed by atoms with van der Waals surface area (Å²) in [5, 5.41) is 0. The zero-order valence-electron chi connectivity index (χ0n) is 30.3. The van der Waals surface area contributed by atoms with Gasteiger partial charge in [-0.15, -0.1) is 0 Å². The standard InChI is InChI=1S/C51H40N2/c1-5-17-41-38(6-2)44-20-9-13-24-48(44)52(49-25-14-10-21-45(41)49)36-28-30-39(34(3)32-36)40-31-29-37(33-35(40)4)53-50-26-15-11-22-46(50)42-18-7-8-19-43(42)47-23-12-16-27-51(47)53/h5-33H,2H2,1,3-4H3/b17-5-. The van der Waals surface area contributed by atoms with E-state index in [4.69, 9.17) is 0 Å². The first kappa shape index (κ1) is 32.3. The summed E-state index contributed by atoms with van der Waals surface area (Å²) in [6, 6.07) is 57.5. The summed E-state index contributed by atoms with van der Waals surface area (Å²) in [4.78, 5) is 4.84. The van der Waals surface area contributed by atoms with Gasteiger partial charge in [-0.1, -0.05) is 134 Å². The fourth-order valence-electron chi connectivity index (χ4n) is 8.39. The number of benzene rings is 7. The summed E-state index contributed by atoms with van der Waals surface area (Å²) in [6.45, 7) is 10.8. The van der Waals surface area contributed by atoms with Crippen molar-refractivity contribution in [3.05, 3.63) is 205 Å². The highest BCUT2D eigenvalue weighted by Crippen LogP contribution is 2.52. The van der Waals surface area contributed by atoms with E-state index in [1.807, 2.05) is 6.08 Å². The van der Waals surface area contributed by atoms with Crippen LogP contribution in [0.1, 0.15) is 29.2 Å². The number of anilines is 6. The molecule has 2 heteroatoms. The van der Waals surface area contributed by atoms with Crippen LogP contribution in [0, 0.1) is 13.8 Å². The minimum absolute atomic E-state index is 1.13. The molecular formula is C51H40N2. The molecule has 2 nitrogen and oxygen atoms in total. The predicted octanol–water partition coefficient (Wildman–Crippen LogP) is 14.5. The maximum absolute atomic E-state index is 4.25. The molecule has 9 rings (SSSR count). The van der Waals surface area contributed by atoms with Crippen molar-refractivity contribution in [2.24, 2.45) is 0 Å². The van der Waals surface area contributed by atoms with Gasteiger partial charge >= 0.3 is 0 Å². The van der Waals surface area contributed by atoms with Crippen LogP contribution < -0.4 is 9.80 Å². The zero-order valence-corrected chi connectivity index (χ0v) is 30.3. The number of aryl methyl sites for hydroxylation is 2. The van der Waals surface area contributed by atoms with E-state index in [0.717, 1.165) is 28.3 Å². The third-order valence-electron chi connectivity index (χ3n) is 10.7. The lowest BCUT2D eigenvalue weighted by Crippen LogP contribution is -2.12. The Labute approximate surface area is 312 Å². The first-order chi connectivity index (χ1) is 26.1. The molecule has 0 amide bonds. The Bertz CT molecular complexity index is 2570. The Balaban J connectivity index is 1.15. The van der Waals surface area contributed by atoms with E-state index in [0.29, 0.717) is 0 Å².